The van der Waals surface area contributed by atoms with E-state index in [0.717, 1.165) is 12.8 Å². The van der Waals surface area contributed by atoms with Crippen LogP contribution in [-0.4, -0.2) is 62.8 Å². The van der Waals surface area contributed by atoms with Crippen LogP contribution in [0.1, 0.15) is 19.8 Å². The lowest BCUT2D eigenvalue weighted by Gasteiger charge is -2.30. The molecule has 1 aromatic heterocycles. The normalized spacial score (nSPS) is 14.6. The summed E-state index contributed by atoms with van der Waals surface area (Å²) < 4.78 is 38.7. The Hall–Kier alpha value is -3.53. The fourth-order valence-electron chi connectivity index (χ4n) is 4.43. The minimum Gasteiger partial charge on any atom is -0.497 e. The smallest absolute Gasteiger partial charge is 0.242 e. The van der Waals surface area contributed by atoms with Crippen molar-refractivity contribution in [2.75, 3.05) is 38.4 Å². The zero-order valence-corrected chi connectivity index (χ0v) is 21.5. The van der Waals surface area contributed by atoms with E-state index in [9.17, 15) is 18.0 Å². The van der Waals surface area contributed by atoms with E-state index in [0.29, 0.717) is 47.1 Å². The SMILES string of the molecule is COc1ccc(NC(=O)CS(=O)(=O)c2cn(CC(=O)N3CCC(C)CC3)c3ccccc23)c(OC)c1. The monoisotopic (exact) mass is 513 g/mol. The number of ether oxygens (including phenoxy) is 2. The van der Waals surface area contributed by atoms with Crippen molar-refractivity contribution in [3.63, 3.8) is 0 Å². The molecule has 2 heterocycles. The van der Waals surface area contributed by atoms with Crippen LogP contribution in [0, 0.1) is 5.92 Å². The number of benzene rings is 2. The van der Waals surface area contributed by atoms with Crippen LogP contribution in [0.15, 0.2) is 53.6 Å². The van der Waals surface area contributed by atoms with Gasteiger partial charge >= 0.3 is 0 Å². The first-order valence-electron chi connectivity index (χ1n) is 11.8. The molecule has 1 N–H and O–H groups in total. The van der Waals surface area contributed by atoms with Gasteiger partial charge in [0.05, 0.1) is 24.8 Å². The molecule has 4 rings (SSSR count). The number of hydrogen-bond donors (Lipinski definition) is 1. The van der Waals surface area contributed by atoms with Gasteiger partial charge in [-0.1, -0.05) is 25.1 Å². The summed E-state index contributed by atoms with van der Waals surface area (Å²) in [5.41, 5.74) is 0.967. The molecule has 192 valence electrons. The number of carbonyl (C=O) groups excluding carboxylic acids is 2. The number of methoxy groups -OCH3 is 2. The average molecular weight is 514 g/mol. The van der Waals surface area contributed by atoms with Crippen LogP contribution >= 0.6 is 0 Å². The Balaban J connectivity index is 1.55. The number of hydrogen-bond acceptors (Lipinski definition) is 6. The van der Waals surface area contributed by atoms with Crippen molar-refractivity contribution in [3.8, 4) is 11.5 Å². The van der Waals surface area contributed by atoms with E-state index < -0.39 is 21.5 Å². The van der Waals surface area contributed by atoms with Crippen LogP contribution in [0.4, 0.5) is 5.69 Å². The Morgan fingerprint density at radius 1 is 1.06 bits per heavy atom. The standard InChI is InChI=1S/C26H31N3O6S/c1-18-10-12-28(13-11-18)26(31)16-29-15-24(20-6-4-5-7-22(20)29)36(32,33)17-25(30)27-21-9-8-19(34-2)14-23(21)35-3/h4-9,14-15,18H,10-13,16-17H2,1-3H3,(H,27,30). The van der Waals surface area contributed by atoms with Gasteiger partial charge in [0, 0.05) is 36.3 Å². The van der Waals surface area contributed by atoms with Gasteiger partial charge in [-0.2, -0.15) is 0 Å². The number of rotatable bonds is 8. The quantitative estimate of drug-likeness (QED) is 0.495. The van der Waals surface area contributed by atoms with Crippen LogP contribution in [0.3, 0.4) is 0 Å². The molecule has 1 aliphatic rings. The summed E-state index contributed by atoms with van der Waals surface area (Å²) >= 11 is 0. The van der Waals surface area contributed by atoms with Crippen molar-refractivity contribution in [1.29, 1.82) is 0 Å². The van der Waals surface area contributed by atoms with Gasteiger partial charge in [-0.3, -0.25) is 9.59 Å². The number of aromatic nitrogens is 1. The highest BCUT2D eigenvalue weighted by molar-refractivity contribution is 7.92. The predicted octanol–water partition coefficient (Wildman–Crippen LogP) is 3.33. The molecule has 0 unspecified atom stereocenters. The second kappa shape index (κ2) is 10.6. The summed E-state index contributed by atoms with van der Waals surface area (Å²) in [7, 11) is -1.05. The third kappa shape index (κ3) is 5.48. The predicted molar refractivity (Wildman–Crippen MR) is 137 cm³/mol. The van der Waals surface area contributed by atoms with Gasteiger partial charge in [-0.25, -0.2) is 8.42 Å². The van der Waals surface area contributed by atoms with Gasteiger partial charge in [0.2, 0.25) is 11.8 Å². The molecule has 1 saturated heterocycles. The number of carbonyl (C=O) groups is 2. The molecule has 0 atom stereocenters. The highest BCUT2D eigenvalue weighted by atomic mass is 32.2. The molecular formula is C26H31N3O6S. The number of sulfone groups is 1. The van der Waals surface area contributed by atoms with Gasteiger partial charge in [-0.15, -0.1) is 0 Å². The fourth-order valence-corrected chi connectivity index (χ4v) is 5.80. The molecule has 0 radical (unpaired) electrons. The van der Waals surface area contributed by atoms with Gasteiger partial charge in [-0.05, 0) is 37.0 Å². The molecule has 0 spiro atoms. The molecule has 0 aliphatic carbocycles. The van der Waals surface area contributed by atoms with Gasteiger partial charge in [0.15, 0.2) is 9.84 Å². The van der Waals surface area contributed by atoms with E-state index in [1.54, 1.807) is 47.0 Å². The molecule has 2 aromatic carbocycles. The van der Waals surface area contributed by atoms with Crippen LogP contribution in [0.25, 0.3) is 10.9 Å². The summed E-state index contributed by atoms with van der Waals surface area (Å²) in [4.78, 5) is 27.5. The van der Waals surface area contributed by atoms with Crippen molar-refractivity contribution in [1.82, 2.24) is 9.47 Å². The number of fused-ring (bicyclic) bond motifs is 1. The molecule has 36 heavy (non-hydrogen) atoms. The number of piperidine rings is 1. The summed E-state index contributed by atoms with van der Waals surface area (Å²) in [5, 5.41) is 3.09. The molecule has 1 fully saturated rings. The van der Waals surface area contributed by atoms with E-state index in [-0.39, 0.29) is 17.3 Å². The lowest BCUT2D eigenvalue weighted by molar-refractivity contribution is -0.133. The third-order valence-corrected chi connectivity index (χ3v) is 8.17. The van der Waals surface area contributed by atoms with Crippen LogP contribution in [0.2, 0.25) is 0 Å². The molecule has 2 amide bonds. The van der Waals surface area contributed by atoms with Crippen LogP contribution < -0.4 is 14.8 Å². The number of nitrogens with one attached hydrogen (secondary N) is 1. The molecule has 10 heteroatoms. The van der Waals surface area contributed by atoms with Crippen molar-refractivity contribution < 1.29 is 27.5 Å². The highest BCUT2D eigenvalue weighted by Gasteiger charge is 2.27. The van der Waals surface area contributed by atoms with E-state index >= 15 is 0 Å². The first-order chi connectivity index (χ1) is 17.2. The first-order valence-corrected chi connectivity index (χ1v) is 13.5. The van der Waals surface area contributed by atoms with Crippen molar-refractivity contribution in [3.05, 3.63) is 48.7 Å². The Morgan fingerprint density at radius 3 is 2.47 bits per heavy atom. The Morgan fingerprint density at radius 2 is 1.78 bits per heavy atom. The van der Waals surface area contributed by atoms with Gasteiger partial charge < -0.3 is 24.3 Å². The van der Waals surface area contributed by atoms with E-state index in [4.69, 9.17) is 9.47 Å². The number of amides is 2. The minimum atomic E-state index is -4.01. The lowest BCUT2D eigenvalue weighted by Crippen LogP contribution is -2.39. The van der Waals surface area contributed by atoms with E-state index in [2.05, 4.69) is 12.2 Å². The topological polar surface area (TPSA) is 107 Å². The average Bonchev–Trinajstić information content (AvgIpc) is 3.23. The molecule has 0 saturated carbocycles. The summed E-state index contributed by atoms with van der Waals surface area (Å²) in [6.45, 7) is 3.64. The molecular weight excluding hydrogens is 482 g/mol. The zero-order chi connectivity index (χ0) is 25.9. The summed E-state index contributed by atoms with van der Waals surface area (Å²) in [6.07, 6.45) is 3.39. The van der Waals surface area contributed by atoms with E-state index in [1.165, 1.54) is 20.4 Å². The summed E-state index contributed by atoms with van der Waals surface area (Å²) in [5.74, 6) is -0.0121. The van der Waals surface area contributed by atoms with Crippen LogP contribution in [-0.2, 0) is 26.0 Å². The largest absolute Gasteiger partial charge is 0.497 e. The van der Waals surface area contributed by atoms with Crippen LogP contribution in [0.5, 0.6) is 11.5 Å². The molecule has 1 aliphatic heterocycles. The molecule has 0 bridgehead atoms. The maximum atomic E-state index is 13.3. The summed E-state index contributed by atoms with van der Waals surface area (Å²) in [6, 6.07) is 11.8. The van der Waals surface area contributed by atoms with E-state index in [1.807, 2.05) is 4.90 Å². The Labute approximate surface area is 210 Å². The van der Waals surface area contributed by atoms with Crippen molar-refractivity contribution in [2.24, 2.45) is 5.92 Å². The number of nitrogens with zero attached hydrogens (tertiary/aromatic N) is 2. The number of para-hydroxylation sites is 1. The molecule has 3 aromatic rings. The zero-order valence-electron chi connectivity index (χ0n) is 20.7. The van der Waals surface area contributed by atoms with Crippen molar-refractivity contribution in [2.45, 2.75) is 31.2 Å². The van der Waals surface area contributed by atoms with Crippen molar-refractivity contribution >= 4 is 38.2 Å². The molecule has 9 nitrogen and oxygen atoms in total. The second-order valence-corrected chi connectivity index (χ2v) is 11.0. The number of anilines is 1. The Bertz CT molecular complexity index is 1370. The minimum absolute atomic E-state index is 0.0232. The second-order valence-electron chi connectivity index (χ2n) is 9.08. The fraction of sp³-hybridized carbons (Fsp3) is 0.385. The lowest BCUT2D eigenvalue weighted by atomic mass is 9.99. The Kier molecular flexibility index (Phi) is 7.53. The first kappa shape index (κ1) is 25.6. The van der Waals surface area contributed by atoms with Gasteiger partial charge in [0.1, 0.15) is 23.8 Å². The van der Waals surface area contributed by atoms with Gasteiger partial charge in [0.25, 0.3) is 0 Å². The maximum absolute atomic E-state index is 13.3. The maximum Gasteiger partial charge on any atom is 0.242 e. The highest BCUT2D eigenvalue weighted by Crippen LogP contribution is 2.30. The third-order valence-electron chi connectivity index (χ3n) is 6.53. The number of likely N-dealkylation sites (tertiary alicyclic amines) is 1.